The second-order valence-electron chi connectivity index (χ2n) is 6.75. The molecule has 6 nitrogen and oxygen atoms in total. The summed E-state index contributed by atoms with van der Waals surface area (Å²) >= 11 is 0. The van der Waals surface area contributed by atoms with Crippen LogP contribution in [0.2, 0.25) is 0 Å². The number of aromatic nitrogens is 3. The summed E-state index contributed by atoms with van der Waals surface area (Å²) < 4.78 is 0. The van der Waals surface area contributed by atoms with Crippen LogP contribution in [0.15, 0.2) is 71.9 Å². The van der Waals surface area contributed by atoms with E-state index in [1.165, 1.54) is 5.39 Å². The molecule has 0 aliphatic heterocycles. The fourth-order valence-electron chi connectivity index (χ4n) is 3.29. The van der Waals surface area contributed by atoms with E-state index in [0.717, 1.165) is 34.3 Å². The monoisotopic (exact) mass is 372 g/mol. The maximum absolute atomic E-state index is 4.51. The normalized spacial score (nSPS) is 11.7. The van der Waals surface area contributed by atoms with Crippen LogP contribution >= 0.6 is 0 Å². The zero-order chi connectivity index (χ0) is 19.3. The van der Waals surface area contributed by atoms with Gasteiger partial charge in [0.05, 0.1) is 25.0 Å². The third-order valence-electron chi connectivity index (χ3n) is 4.70. The Morgan fingerprint density at radius 2 is 1.86 bits per heavy atom. The third-order valence-corrected chi connectivity index (χ3v) is 4.70. The van der Waals surface area contributed by atoms with Gasteiger partial charge in [0.1, 0.15) is 5.82 Å². The molecule has 0 amide bonds. The van der Waals surface area contributed by atoms with Gasteiger partial charge >= 0.3 is 0 Å². The minimum Gasteiger partial charge on any atom is -0.357 e. The molecule has 0 unspecified atom stereocenters. The third kappa shape index (κ3) is 3.91. The molecule has 0 bridgehead atoms. The standard InChI is InChI=1S/C22H24N6/c1-23-22(25-13-18-12-17-10-6-7-11-19(17)26-18)28(2)15-21-24-14-20(27-21)16-8-4-3-5-9-16/h3-12,14,26H,13,15H2,1-2H3,(H,23,25)(H,24,27). The molecule has 3 N–H and O–H groups in total. The van der Waals surface area contributed by atoms with Gasteiger partial charge in [-0.3, -0.25) is 4.99 Å². The van der Waals surface area contributed by atoms with Crippen LogP contribution in [0.4, 0.5) is 0 Å². The van der Waals surface area contributed by atoms with Gasteiger partial charge in [0.2, 0.25) is 0 Å². The first kappa shape index (κ1) is 17.9. The molecule has 0 aliphatic rings. The number of para-hydroxylation sites is 1. The predicted octanol–water partition coefficient (Wildman–Crippen LogP) is 3.77. The lowest BCUT2D eigenvalue weighted by Gasteiger charge is -2.20. The molecule has 4 rings (SSSR count). The number of fused-ring (bicyclic) bond motifs is 1. The number of nitrogens with one attached hydrogen (secondary N) is 3. The molecule has 28 heavy (non-hydrogen) atoms. The van der Waals surface area contributed by atoms with E-state index in [1.54, 1.807) is 7.05 Å². The largest absolute Gasteiger partial charge is 0.357 e. The van der Waals surface area contributed by atoms with Crippen molar-refractivity contribution in [3.63, 3.8) is 0 Å². The number of benzene rings is 2. The minimum atomic E-state index is 0.638. The lowest BCUT2D eigenvalue weighted by atomic mass is 10.2. The number of H-pyrrole nitrogens is 2. The van der Waals surface area contributed by atoms with Gasteiger partial charge in [-0.1, -0.05) is 48.5 Å². The van der Waals surface area contributed by atoms with Crippen molar-refractivity contribution in [2.75, 3.05) is 14.1 Å². The van der Waals surface area contributed by atoms with Gasteiger partial charge in [-0.25, -0.2) is 4.98 Å². The van der Waals surface area contributed by atoms with E-state index >= 15 is 0 Å². The summed E-state index contributed by atoms with van der Waals surface area (Å²) in [6, 6.07) is 20.6. The number of hydrogen-bond donors (Lipinski definition) is 3. The zero-order valence-corrected chi connectivity index (χ0v) is 16.1. The molecule has 0 spiro atoms. The van der Waals surface area contributed by atoms with Crippen molar-refractivity contribution in [2.45, 2.75) is 13.1 Å². The van der Waals surface area contributed by atoms with Gasteiger partial charge in [0.15, 0.2) is 5.96 Å². The second-order valence-corrected chi connectivity index (χ2v) is 6.75. The van der Waals surface area contributed by atoms with Gasteiger partial charge in [0, 0.05) is 25.3 Å². The highest BCUT2D eigenvalue weighted by Crippen LogP contribution is 2.17. The van der Waals surface area contributed by atoms with Crippen molar-refractivity contribution in [2.24, 2.45) is 4.99 Å². The van der Waals surface area contributed by atoms with Crippen LogP contribution in [0.1, 0.15) is 11.5 Å². The van der Waals surface area contributed by atoms with Crippen LogP contribution in [0.25, 0.3) is 22.2 Å². The quantitative estimate of drug-likeness (QED) is 0.369. The first-order valence-corrected chi connectivity index (χ1v) is 9.30. The fourth-order valence-corrected chi connectivity index (χ4v) is 3.29. The highest BCUT2D eigenvalue weighted by Gasteiger charge is 2.10. The first-order chi connectivity index (χ1) is 13.7. The Balaban J connectivity index is 1.39. The summed E-state index contributed by atoms with van der Waals surface area (Å²) in [6.45, 7) is 1.32. The van der Waals surface area contributed by atoms with Crippen molar-refractivity contribution in [3.8, 4) is 11.3 Å². The smallest absolute Gasteiger partial charge is 0.194 e. The van der Waals surface area contributed by atoms with Crippen LogP contribution < -0.4 is 5.32 Å². The molecular formula is C22H24N6. The lowest BCUT2D eigenvalue weighted by molar-refractivity contribution is 0.463. The molecule has 4 aromatic rings. The van der Waals surface area contributed by atoms with Gasteiger partial charge in [-0.05, 0) is 23.1 Å². The molecule has 0 saturated heterocycles. The molecule has 0 atom stereocenters. The molecule has 0 radical (unpaired) electrons. The molecule has 142 valence electrons. The van der Waals surface area contributed by atoms with E-state index in [2.05, 4.69) is 60.5 Å². The van der Waals surface area contributed by atoms with Crippen molar-refractivity contribution in [1.82, 2.24) is 25.2 Å². The van der Waals surface area contributed by atoms with E-state index in [1.807, 2.05) is 43.6 Å². The Bertz CT molecular complexity index is 1040. The van der Waals surface area contributed by atoms with E-state index in [-0.39, 0.29) is 0 Å². The SMILES string of the molecule is CN=C(NCc1cc2ccccc2[nH]1)N(C)Cc1ncc(-c2ccccc2)[nH]1. The molecule has 0 saturated carbocycles. The van der Waals surface area contributed by atoms with Crippen LogP contribution in [-0.4, -0.2) is 39.9 Å². The number of hydrogen-bond acceptors (Lipinski definition) is 2. The highest BCUT2D eigenvalue weighted by molar-refractivity contribution is 5.81. The Labute approximate surface area is 164 Å². The Kier molecular flexibility index (Phi) is 5.10. The number of aromatic amines is 2. The fraction of sp³-hybridized carbons (Fsp3) is 0.182. The minimum absolute atomic E-state index is 0.638. The van der Waals surface area contributed by atoms with Crippen molar-refractivity contribution >= 4 is 16.9 Å². The highest BCUT2D eigenvalue weighted by atomic mass is 15.3. The van der Waals surface area contributed by atoms with E-state index < -0.39 is 0 Å². The Morgan fingerprint density at radius 1 is 1.07 bits per heavy atom. The van der Waals surface area contributed by atoms with Crippen LogP contribution in [-0.2, 0) is 13.1 Å². The molecule has 6 heteroatoms. The van der Waals surface area contributed by atoms with Gasteiger partial charge < -0.3 is 20.2 Å². The van der Waals surface area contributed by atoms with E-state index in [9.17, 15) is 0 Å². The summed E-state index contributed by atoms with van der Waals surface area (Å²) in [6.07, 6.45) is 1.87. The van der Waals surface area contributed by atoms with E-state index in [0.29, 0.717) is 13.1 Å². The zero-order valence-electron chi connectivity index (χ0n) is 16.1. The summed E-state index contributed by atoms with van der Waals surface area (Å²) in [5, 5.41) is 4.62. The summed E-state index contributed by atoms with van der Waals surface area (Å²) in [4.78, 5) is 17.8. The van der Waals surface area contributed by atoms with Gasteiger partial charge in [-0.2, -0.15) is 0 Å². The molecule has 0 aliphatic carbocycles. The predicted molar refractivity (Wildman–Crippen MR) is 114 cm³/mol. The number of guanidine groups is 1. The van der Waals surface area contributed by atoms with Crippen LogP contribution in [0.3, 0.4) is 0 Å². The molecule has 2 aromatic heterocycles. The average molecular weight is 372 g/mol. The number of imidazole rings is 1. The van der Waals surface area contributed by atoms with E-state index in [4.69, 9.17) is 0 Å². The Morgan fingerprint density at radius 3 is 2.64 bits per heavy atom. The second kappa shape index (κ2) is 8.00. The number of rotatable bonds is 5. The molecule has 0 fully saturated rings. The van der Waals surface area contributed by atoms with Gasteiger partial charge in [0.25, 0.3) is 0 Å². The van der Waals surface area contributed by atoms with Crippen LogP contribution in [0, 0.1) is 0 Å². The summed E-state index contributed by atoms with van der Waals surface area (Å²) in [5.41, 5.74) is 4.42. The topological polar surface area (TPSA) is 72.1 Å². The summed E-state index contributed by atoms with van der Waals surface area (Å²) in [7, 11) is 3.80. The van der Waals surface area contributed by atoms with Crippen molar-refractivity contribution in [3.05, 3.63) is 78.4 Å². The van der Waals surface area contributed by atoms with Gasteiger partial charge in [-0.15, -0.1) is 0 Å². The van der Waals surface area contributed by atoms with Crippen molar-refractivity contribution in [1.29, 1.82) is 0 Å². The van der Waals surface area contributed by atoms with Crippen molar-refractivity contribution < 1.29 is 0 Å². The van der Waals surface area contributed by atoms with Crippen LogP contribution in [0.5, 0.6) is 0 Å². The molecular weight excluding hydrogens is 348 g/mol. The first-order valence-electron chi connectivity index (χ1n) is 9.30. The summed E-state index contributed by atoms with van der Waals surface area (Å²) in [5.74, 6) is 1.71. The average Bonchev–Trinajstić information content (AvgIpc) is 3.35. The Hall–Kier alpha value is -3.54. The maximum atomic E-state index is 4.51. The molecule has 2 heterocycles. The maximum Gasteiger partial charge on any atom is 0.194 e. The number of aliphatic imine (C=N–C) groups is 1. The molecule has 2 aromatic carbocycles. The number of nitrogens with zero attached hydrogens (tertiary/aromatic N) is 3. The lowest BCUT2D eigenvalue weighted by Crippen LogP contribution is -2.38.